The van der Waals surface area contributed by atoms with Crippen molar-refractivity contribution in [1.82, 2.24) is 5.32 Å². The van der Waals surface area contributed by atoms with Crippen LogP contribution in [0.5, 0.6) is 0 Å². The van der Waals surface area contributed by atoms with Crippen molar-refractivity contribution < 1.29 is 9.90 Å². The summed E-state index contributed by atoms with van der Waals surface area (Å²) in [5.74, 6) is -0.749. The summed E-state index contributed by atoms with van der Waals surface area (Å²) in [5.41, 5.74) is 0. The van der Waals surface area contributed by atoms with Crippen LogP contribution in [0, 0.1) is 0 Å². The van der Waals surface area contributed by atoms with Gasteiger partial charge in [0, 0.05) is 6.04 Å². The number of halogens is 1. The Kier molecular flexibility index (Phi) is 6.08. The summed E-state index contributed by atoms with van der Waals surface area (Å²) in [6.07, 6.45) is 6.06. The highest BCUT2D eigenvalue weighted by Gasteiger charge is 2.18. The maximum absolute atomic E-state index is 10.5. The van der Waals surface area contributed by atoms with Crippen LogP contribution in [0.4, 0.5) is 0 Å². The number of carbonyl (C=O) groups is 1. The number of hydrogen-bond donors (Lipinski definition) is 2. The zero-order chi connectivity index (χ0) is 8.97. The maximum atomic E-state index is 10.5. The fourth-order valence-corrected chi connectivity index (χ4v) is 1.69. The van der Waals surface area contributed by atoms with Crippen LogP contribution in [0.15, 0.2) is 0 Å². The standard InChI is InChI=1S/C9H17NO2.ClH/c1-7(9(11)12)10-8-5-3-2-4-6-8;/h7-8,10H,2-6H2,1H3,(H,11,12);1H. The average Bonchev–Trinajstić information content (AvgIpc) is 2.06. The fourth-order valence-electron chi connectivity index (χ4n) is 1.69. The molecule has 1 aliphatic rings. The van der Waals surface area contributed by atoms with Crippen LogP contribution in [0.3, 0.4) is 0 Å². The van der Waals surface area contributed by atoms with Crippen molar-refractivity contribution >= 4 is 18.4 Å². The smallest absolute Gasteiger partial charge is 0.320 e. The maximum Gasteiger partial charge on any atom is 0.320 e. The number of hydrogen-bond acceptors (Lipinski definition) is 2. The highest BCUT2D eigenvalue weighted by atomic mass is 35.5. The molecule has 0 aromatic carbocycles. The van der Waals surface area contributed by atoms with E-state index < -0.39 is 12.0 Å². The van der Waals surface area contributed by atoms with Crippen LogP contribution < -0.4 is 5.32 Å². The number of nitrogens with one attached hydrogen (secondary N) is 1. The van der Waals surface area contributed by atoms with E-state index >= 15 is 0 Å². The van der Waals surface area contributed by atoms with Gasteiger partial charge < -0.3 is 10.4 Å². The van der Waals surface area contributed by atoms with E-state index in [1.807, 2.05) is 0 Å². The van der Waals surface area contributed by atoms with Gasteiger partial charge in [-0.25, -0.2) is 0 Å². The van der Waals surface area contributed by atoms with E-state index in [1.54, 1.807) is 6.92 Å². The Morgan fingerprint density at radius 2 is 1.92 bits per heavy atom. The second-order valence-electron chi connectivity index (χ2n) is 3.56. The van der Waals surface area contributed by atoms with Crippen molar-refractivity contribution in [1.29, 1.82) is 0 Å². The van der Waals surface area contributed by atoms with Crippen molar-refractivity contribution in [2.45, 2.75) is 51.1 Å². The third-order valence-corrected chi connectivity index (χ3v) is 2.46. The quantitative estimate of drug-likeness (QED) is 0.742. The van der Waals surface area contributed by atoms with E-state index in [1.165, 1.54) is 19.3 Å². The Labute approximate surface area is 85.3 Å². The summed E-state index contributed by atoms with van der Waals surface area (Å²) in [7, 11) is 0. The predicted octanol–water partition coefficient (Wildman–Crippen LogP) is 1.80. The molecule has 0 heterocycles. The van der Waals surface area contributed by atoms with E-state index in [0.717, 1.165) is 12.8 Å². The van der Waals surface area contributed by atoms with Gasteiger partial charge in [0.15, 0.2) is 0 Å². The second-order valence-corrected chi connectivity index (χ2v) is 3.56. The van der Waals surface area contributed by atoms with Gasteiger partial charge in [0.05, 0.1) is 0 Å². The zero-order valence-corrected chi connectivity index (χ0v) is 8.77. The molecule has 0 bridgehead atoms. The molecule has 1 rings (SSSR count). The highest BCUT2D eigenvalue weighted by Crippen LogP contribution is 2.17. The van der Waals surface area contributed by atoms with Crippen LogP contribution in [0.25, 0.3) is 0 Å². The normalized spacial score (nSPS) is 20.4. The van der Waals surface area contributed by atoms with Crippen molar-refractivity contribution in [2.24, 2.45) is 0 Å². The summed E-state index contributed by atoms with van der Waals surface area (Å²) >= 11 is 0. The molecule has 1 saturated carbocycles. The van der Waals surface area contributed by atoms with Gasteiger partial charge in [-0.1, -0.05) is 19.3 Å². The number of rotatable bonds is 3. The van der Waals surface area contributed by atoms with Crippen LogP contribution in [0.1, 0.15) is 39.0 Å². The molecule has 0 amide bonds. The lowest BCUT2D eigenvalue weighted by Gasteiger charge is -2.24. The van der Waals surface area contributed by atoms with E-state index in [0.29, 0.717) is 6.04 Å². The molecule has 3 nitrogen and oxygen atoms in total. The lowest BCUT2D eigenvalue weighted by Crippen LogP contribution is -2.42. The van der Waals surface area contributed by atoms with Crippen molar-refractivity contribution in [3.05, 3.63) is 0 Å². The van der Waals surface area contributed by atoms with E-state index in [-0.39, 0.29) is 12.4 Å². The van der Waals surface area contributed by atoms with E-state index in [2.05, 4.69) is 5.32 Å². The van der Waals surface area contributed by atoms with Crippen LogP contribution in [-0.4, -0.2) is 23.2 Å². The minimum atomic E-state index is -0.749. The van der Waals surface area contributed by atoms with Crippen molar-refractivity contribution in [3.63, 3.8) is 0 Å². The highest BCUT2D eigenvalue weighted by molar-refractivity contribution is 5.85. The first-order valence-corrected chi connectivity index (χ1v) is 4.69. The molecule has 1 fully saturated rings. The molecule has 2 N–H and O–H groups in total. The van der Waals surface area contributed by atoms with Crippen LogP contribution in [0.2, 0.25) is 0 Å². The average molecular weight is 208 g/mol. The molecule has 0 saturated heterocycles. The minimum Gasteiger partial charge on any atom is -0.480 e. The summed E-state index contributed by atoms with van der Waals surface area (Å²) in [4.78, 5) is 10.5. The Bertz CT molecular complexity index is 158. The Hall–Kier alpha value is -0.280. The van der Waals surface area contributed by atoms with E-state index in [9.17, 15) is 4.79 Å². The SMILES string of the molecule is CC(NC1CCCCC1)C(=O)O.Cl. The molecule has 78 valence electrons. The van der Waals surface area contributed by atoms with Crippen molar-refractivity contribution in [3.8, 4) is 0 Å². The Morgan fingerprint density at radius 1 is 1.38 bits per heavy atom. The first-order chi connectivity index (χ1) is 5.70. The zero-order valence-electron chi connectivity index (χ0n) is 7.95. The molecule has 0 aromatic heterocycles. The summed E-state index contributed by atoms with van der Waals surface area (Å²) in [5, 5.41) is 11.8. The van der Waals surface area contributed by atoms with Gasteiger partial charge in [0.2, 0.25) is 0 Å². The van der Waals surface area contributed by atoms with Gasteiger partial charge >= 0.3 is 5.97 Å². The van der Waals surface area contributed by atoms with Gasteiger partial charge in [-0.15, -0.1) is 12.4 Å². The lowest BCUT2D eigenvalue weighted by molar-refractivity contribution is -0.139. The molecule has 1 atom stereocenters. The molecule has 4 heteroatoms. The molecule has 0 spiro atoms. The molecule has 1 unspecified atom stereocenters. The summed E-state index contributed by atoms with van der Waals surface area (Å²) in [6.45, 7) is 1.71. The van der Waals surface area contributed by atoms with E-state index in [4.69, 9.17) is 5.11 Å². The lowest BCUT2D eigenvalue weighted by atomic mass is 9.95. The first kappa shape index (κ1) is 12.7. The van der Waals surface area contributed by atoms with Gasteiger partial charge in [-0.3, -0.25) is 4.79 Å². The third kappa shape index (κ3) is 4.48. The number of aliphatic carboxylic acids is 1. The monoisotopic (exact) mass is 207 g/mol. The minimum absolute atomic E-state index is 0. The molecular formula is C9H18ClNO2. The predicted molar refractivity (Wildman–Crippen MR) is 54.4 cm³/mol. The van der Waals surface area contributed by atoms with Crippen LogP contribution in [-0.2, 0) is 4.79 Å². The number of carboxylic acid groups (broad SMARTS) is 1. The second kappa shape index (κ2) is 6.22. The first-order valence-electron chi connectivity index (χ1n) is 4.69. The van der Waals surface area contributed by atoms with Gasteiger partial charge in [0.25, 0.3) is 0 Å². The molecular weight excluding hydrogens is 190 g/mol. The Balaban J connectivity index is 0.00000144. The van der Waals surface area contributed by atoms with Crippen LogP contribution >= 0.6 is 12.4 Å². The van der Waals surface area contributed by atoms with Gasteiger partial charge in [-0.2, -0.15) is 0 Å². The summed E-state index contributed by atoms with van der Waals surface area (Å²) in [6, 6.07) is 0.0398. The molecule has 0 radical (unpaired) electrons. The summed E-state index contributed by atoms with van der Waals surface area (Å²) < 4.78 is 0. The fraction of sp³-hybridized carbons (Fsp3) is 0.889. The van der Waals surface area contributed by atoms with Gasteiger partial charge in [-0.05, 0) is 19.8 Å². The number of carboxylic acids is 1. The topological polar surface area (TPSA) is 49.3 Å². The molecule has 13 heavy (non-hydrogen) atoms. The largest absolute Gasteiger partial charge is 0.480 e. The Morgan fingerprint density at radius 3 is 2.38 bits per heavy atom. The third-order valence-electron chi connectivity index (χ3n) is 2.46. The van der Waals surface area contributed by atoms with Crippen molar-refractivity contribution in [2.75, 3.05) is 0 Å². The van der Waals surface area contributed by atoms with Gasteiger partial charge in [0.1, 0.15) is 6.04 Å². The molecule has 0 aliphatic heterocycles. The molecule has 1 aliphatic carbocycles. The molecule has 0 aromatic rings.